The summed E-state index contributed by atoms with van der Waals surface area (Å²) in [6, 6.07) is 8.54. The minimum atomic E-state index is -0.959. The molecule has 0 saturated heterocycles. The molecule has 0 spiro atoms. The van der Waals surface area contributed by atoms with Crippen LogP contribution in [0.2, 0.25) is 0 Å². The molecule has 0 aliphatic rings. The molecule has 1 aromatic rings. The van der Waals surface area contributed by atoms with Gasteiger partial charge in [0.05, 0.1) is 12.5 Å². The Labute approximate surface area is 124 Å². The van der Waals surface area contributed by atoms with Crippen LogP contribution in [-0.4, -0.2) is 46.3 Å². The third kappa shape index (κ3) is 5.43. The second-order valence-electron chi connectivity index (χ2n) is 5.00. The van der Waals surface area contributed by atoms with Gasteiger partial charge in [-0.2, -0.15) is 0 Å². The van der Waals surface area contributed by atoms with Crippen LogP contribution in [0, 0.1) is 5.92 Å². The Bertz CT molecular complexity index is 464. The molecule has 116 valence electrons. The number of carbonyl (C=O) groups excluding carboxylic acids is 1. The van der Waals surface area contributed by atoms with Crippen LogP contribution in [-0.2, 0) is 11.3 Å². The summed E-state index contributed by atoms with van der Waals surface area (Å²) in [5.74, 6) is -1.64. The SMILES string of the molecule is CC(NC(=O)N(CCO)Cc1ccccc1)C(C)C(=O)O. The molecular formula is C15H22N2O4. The van der Waals surface area contributed by atoms with Gasteiger partial charge in [0.15, 0.2) is 0 Å². The van der Waals surface area contributed by atoms with Crippen LogP contribution in [0.15, 0.2) is 30.3 Å². The van der Waals surface area contributed by atoms with Crippen LogP contribution in [0.1, 0.15) is 19.4 Å². The Morgan fingerprint density at radius 2 is 1.86 bits per heavy atom. The maximum absolute atomic E-state index is 12.2. The van der Waals surface area contributed by atoms with Crippen molar-refractivity contribution < 1.29 is 19.8 Å². The number of carbonyl (C=O) groups is 2. The van der Waals surface area contributed by atoms with Crippen LogP contribution >= 0.6 is 0 Å². The number of carboxylic acids is 1. The standard InChI is InChI=1S/C15H22N2O4/c1-11(14(19)20)12(2)16-15(21)17(8-9-18)10-13-6-4-3-5-7-13/h3-7,11-12,18H,8-10H2,1-2H3,(H,16,21)(H,19,20). The number of aliphatic carboxylic acids is 1. The largest absolute Gasteiger partial charge is 0.481 e. The lowest BCUT2D eigenvalue weighted by Gasteiger charge is -2.26. The summed E-state index contributed by atoms with van der Waals surface area (Å²) >= 11 is 0. The highest BCUT2D eigenvalue weighted by atomic mass is 16.4. The van der Waals surface area contributed by atoms with E-state index in [9.17, 15) is 9.59 Å². The number of benzene rings is 1. The first-order valence-corrected chi connectivity index (χ1v) is 6.88. The minimum absolute atomic E-state index is 0.150. The summed E-state index contributed by atoms with van der Waals surface area (Å²) in [7, 11) is 0. The number of hydrogen-bond donors (Lipinski definition) is 3. The summed E-state index contributed by atoms with van der Waals surface area (Å²) < 4.78 is 0. The molecule has 0 radical (unpaired) electrons. The van der Waals surface area contributed by atoms with Gasteiger partial charge >= 0.3 is 12.0 Å². The van der Waals surface area contributed by atoms with Crippen molar-refractivity contribution in [3.8, 4) is 0 Å². The number of hydrogen-bond acceptors (Lipinski definition) is 3. The normalized spacial score (nSPS) is 13.3. The lowest BCUT2D eigenvalue weighted by atomic mass is 10.0. The van der Waals surface area contributed by atoms with E-state index in [1.807, 2.05) is 30.3 Å². The van der Waals surface area contributed by atoms with Crippen molar-refractivity contribution in [2.75, 3.05) is 13.2 Å². The van der Waals surface area contributed by atoms with Crippen LogP contribution in [0.5, 0.6) is 0 Å². The van der Waals surface area contributed by atoms with Crippen molar-refractivity contribution >= 4 is 12.0 Å². The quantitative estimate of drug-likeness (QED) is 0.707. The Balaban J connectivity index is 2.67. The molecule has 2 amide bonds. The first-order valence-electron chi connectivity index (χ1n) is 6.88. The third-order valence-corrected chi connectivity index (χ3v) is 3.36. The molecule has 1 rings (SSSR count). The second kappa shape index (κ2) is 8.26. The molecule has 0 aliphatic carbocycles. The summed E-state index contributed by atoms with van der Waals surface area (Å²) in [6.45, 7) is 3.59. The lowest BCUT2D eigenvalue weighted by Crippen LogP contribution is -2.47. The smallest absolute Gasteiger partial charge is 0.318 e. The highest BCUT2D eigenvalue weighted by Gasteiger charge is 2.23. The summed E-state index contributed by atoms with van der Waals surface area (Å²) in [6.07, 6.45) is 0. The zero-order valence-corrected chi connectivity index (χ0v) is 12.3. The Hall–Kier alpha value is -2.08. The fraction of sp³-hybridized carbons (Fsp3) is 0.467. The number of amides is 2. The molecule has 0 heterocycles. The van der Waals surface area contributed by atoms with Gasteiger partial charge < -0.3 is 20.4 Å². The van der Waals surface area contributed by atoms with E-state index in [-0.39, 0.29) is 19.2 Å². The number of rotatable bonds is 7. The predicted molar refractivity (Wildman–Crippen MR) is 78.7 cm³/mol. The number of aliphatic hydroxyl groups excluding tert-OH is 1. The van der Waals surface area contributed by atoms with Gasteiger partial charge in [0.2, 0.25) is 0 Å². The van der Waals surface area contributed by atoms with Crippen LogP contribution < -0.4 is 5.32 Å². The van der Waals surface area contributed by atoms with Crippen molar-refractivity contribution in [2.45, 2.75) is 26.4 Å². The number of urea groups is 1. The molecule has 2 unspecified atom stereocenters. The second-order valence-corrected chi connectivity index (χ2v) is 5.00. The van der Waals surface area contributed by atoms with E-state index in [0.717, 1.165) is 5.56 Å². The Kier molecular flexibility index (Phi) is 6.68. The number of aliphatic hydroxyl groups is 1. The molecule has 2 atom stereocenters. The molecule has 1 aromatic carbocycles. The van der Waals surface area contributed by atoms with Crippen molar-refractivity contribution in [3.63, 3.8) is 0 Å². The molecule has 0 saturated carbocycles. The van der Waals surface area contributed by atoms with Crippen LogP contribution in [0.25, 0.3) is 0 Å². The summed E-state index contributed by atoms with van der Waals surface area (Å²) in [5, 5.41) is 20.7. The van der Waals surface area contributed by atoms with Crippen LogP contribution in [0.4, 0.5) is 4.79 Å². The highest BCUT2D eigenvalue weighted by Crippen LogP contribution is 2.07. The molecule has 0 fully saturated rings. The highest BCUT2D eigenvalue weighted by molar-refractivity contribution is 5.76. The zero-order valence-electron chi connectivity index (χ0n) is 12.3. The molecule has 21 heavy (non-hydrogen) atoms. The maximum atomic E-state index is 12.2. The molecular weight excluding hydrogens is 272 g/mol. The van der Waals surface area contributed by atoms with Crippen LogP contribution in [0.3, 0.4) is 0 Å². The van der Waals surface area contributed by atoms with E-state index in [4.69, 9.17) is 10.2 Å². The fourth-order valence-electron chi connectivity index (χ4n) is 1.80. The summed E-state index contributed by atoms with van der Waals surface area (Å²) in [4.78, 5) is 24.5. The fourth-order valence-corrected chi connectivity index (χ4v) is 1.80. The molecule has 6 heteroatoms. The van der Waals surface area contributed by atoms with Crippen molar-refractivity contribution in [2.24, 2.45) is 5.92 Å². The van der Waals surface area contributed by atoms with Gasteiger partial charge in [-0.3, -0.25) is 4.79 Å². The molecule has 6 nitrogen and oxygen atoms in total. The molecule has 0 aromatic heterocycles. The van der Waals surface area contributed by atoms with Gasteiger partial charge in [-0.1, -0.05) is 30.3 Å². The van der Waals surface area contributed by atoms with E-state index < -0.39 is 17.9 Å². The van der Waals surface area contributed by atoms with Gasteiger partial charge in [0.1, 0.15) is 0 Å². The third-order valence-electron chi connectivity index (χ3n) is 3.36. The first kappa shape index (κ1) is 17.0. The van der Waals surface area contributed by atoms with E-state index in [1.54, 1.807) is 13.8 Å². The summed E-state index contributed by atoms with van der Waals surface area (Å²) in [5.41, 5.74) is 0.944. The number of nitrogens with zero attached hydrogens (tertiary/aromatic N) is 1. The van der Waals surface area contributed by atoms with Crippen molar-refractivity contribution in [1.82, 2.24) is 10.2 Å². The zero-order chi connectivity index (χ0) is 15.8. The number of carboxylic acid groups (broad SMARTS) is 1. The van der Waals surface area contributed by atoms with Gasteiger partial charge in [-0.05, 0) is 19.4 Å². The predicted octanol–water partition coefficient (Wildman–Crippen LogP) is 1.30. The topological polar surface area (TPSA) is 89.9 Å². The van der Waals surface area contributed by atoms with E-state index >= 15 is 0 Å². The van der Waals surface area contributed by atoms with Crippen molar-refractivity contribution in [3.05, 3.63) is 35.9 Å². The van der Waals surface area contributed by atoms with E-state index in [0.29, 0.717) is 6.54 Å². The Morgan fingerprint density at radius 3 is 2.38 bits per heavy atom. The first-order chi connectivity index (χ1) is 9.95. The Morgan fingerprint density at radius 1 is 1.24 bits per heavy atom. The molecule has 3 N–H and O–H groups in total. The minimum Gasteiger partial charge on any atom is -0.481 e. The van der Waals surface area contributed by atoms with Crippen molar-refractivity contribution in [1.29, 1.82) is 0 Å². The number of nitrogens with one attached hydrogen (secondary N) is 1. The van der Waals surface area contributed by atoms with E-state index in [2.05, 4.69) is 5.32 Å². The average molecular weight is 294 g/mol. The van der Waals surface area contributed by atoms with Gasteiger partial charge in [-0.15, -0.1) is 0 Å². The van der Waals surface area contributed by atoms with Gasteiger partial charge in [-0.25, -0.2) is 4.79 Å². The average Bonchev–Trinajstić information content (AvgIpc) is 2.46. The maximum Gasteiger partial charge on any atom is 0.318 e. The van der Waals surface area contributed by atoms with Gasteiger partial charge in [0.25, 0.3) is 0 Å². The van der Waals surface area contributed by atoms with E-state index in [1.165, 1.54) is 4.90 Å². The lowest BCUT2D eigenvalue weighted by molar-refractivity contribution is -0.141. The van der Waals surface area contributed by atoms with Gasteiger partial charge in [0, 0.05) is 19.1 Å². The molecule has 0 bridgehead atoms. The monoisotopic (exact) mass is 294 g/mol. The molecule has 0 aliphatic heterocycles.